The van der Waals surface area contributed by atoms with E-state index in [1.54, 1.807) is 6.07 Å². The highest BCUT2D eigenvalue weighted by atomic mass is 35.5. The summed E-state index contributed by atoms with van der Waals surface area (Å²) in [5.74, 6) is 0.719. The second-order valence-corrected chi connectivity index (χ2v) is 6.13. The van der Waals surface area contributed by atoms with Crippen LogP contribution < -0.4 is 0 Å². The van der Waals surface area contributed by atoms with Crippen LogP contribution in [0.25, 0.3) is 11.3 Å². The molecule has 0 bridgehead atoms. The third kappa shape index (κ3) is 3.85. The molecule has 100 valence electrons. The van der Waals surface area contributed by atoms with E-state index < -0.39 is 10.8 Å². The van der Waals surface area contributed by atoms with Crippen LogP contribution >= 0.6 is 11.6 Å². The van der Waals surface area contributed by atoms with Gasteiger partial charge in [0, 0.05) is 16.2 Å². The second-order valence-electron chi connectivity index (χ2n) is 4.17. The van der Waals surface area contributed by atoms with Crippen molar-refractivity contribution in [3.05, 3.63) is 41.6 Å². The minimum atomic E-state index is -0.909. The third-order valence-electron chi connectivity index (χ3n) is 2.73. The first kappa shape index (κ1) is 14.2. The fraction of sp³-hybridized carbons (Fsp3) is 0.286. The molecular formula is C14H15ClN2OS. The summed E-state index contributed by atoms with van der Waals surface area (Å²) in [6, 6.07) is 11.1. The van der Waals surface area contributed by atoms with Crippen molar-refractivity contribution in [1.82, 2.24) is 10.2 Å². The third-order valence-corrected chi connectivity index (χ3v) is 4.39. The largest absolute Gasteiger partial charge is 0.254 e. The second kappa shape index (κ2) is 6.78. The maximum Gasteiger partial charge on any atom is 0.151 e. The molecule has 1 unspecified atom stereocenters. The highest BCUT2D eigenvalue weighted by Crippen LogP contribution is 2.19. The summed E-state index contributed by atoms with van der Waals surface area (Å²) in [5, 5.41) is 8.20. The van der Waals surface area contributed by atoms with E-state index in [9.17, 15) is 4.21 Å². The van der Waals surface area contributed by atoms with Crippen molar-refractivity contribution in [3.63, 3.8) is 0 Å². The lowest BCUT2D eigenvalue weighted by atomic mass is 10.1. The molecule has 2 aromatic rings. The van der Waals surface area contributed by atoms with Gasteiger partial charge in [-0.25, -0.2) is 0 Å². The standard InChI is InChI=1S/C14H15ClN2OS/c1-2-3-10-19(18)12-6-4-11(5-7-12)13-8-9-14(15)17-16-13/h4-9H,2-3,10H2,1H3. The van der Waals surface area contributed by atoms with Crippen molar-refractivity contribution < 1.29 is 4.21 Å². The molecule has 1 aromatic heterocycles. The summed E-state index contributed by atoms with van der Waals surface area (Å²) in [6.07, 6.45) is 2.04. The number of aromatic nitrogens is 2. The van der Waals surface area contributed by atoms with Gasteiger partial charge in [-0.2, -0.15) is 0 Å². The Morgan fingerprint density at radius 1 is 1.11 bits per heavy atom. The molecule has 0 aliphatic heterocycles. The van der Waals surface area contributed by atoms with Gasteiger partial charge in [0.05, 0.1) is 16.5 Å². The van der Waals surface area contributed by atoms with E-state index in [1.165, 1.54) is 0 Å². The molecule has 1 atom stereocenters. The van der Waals surface area contributed by atoms with Gasteiger partial charge in [-0.3, -0.25) is 4.21 Å². The Hall–Kier alpha value is -1.26. The lowest BCUT2D eigenvalue weighted by Gasteiger charge is -2.03. The monoisotopic (exact) mass is 294 g/mol. The van der Waals surface area contributed by atoms with Crippen molar-refractivity contribution in [2.75, 3.05) is 5.75 Å². The maximum absolute atomic E-state index is 12.0. The highest BCUT2D eigenvalue weighted by molar-refractivity contribution is 7.85. The summed E-state index contributed by atoms with van der Waals surface area (Å²) in [4.78, 5) is 0.860. The van der Waals surface area contributed by atoms with E-state index in [2.05, 4.69) is 17.1 Å². The lowest BCUT2D eigenvalue weighted by Crippen LogP contribution is -1.97. The molecule has 1 heterocycles. The van der Waals surface area contributed by atoms with Crippen molar-refractivity contribution in [2.24, 2.45) is 0 Å². The maximum atomic E-state index is 12.0. The fourth-order valence-electron chi connectivity index (χ4n) is 1.64. The molecular weight excluding hydrogens is 280 g/mol. The SMILES string of the molecule is CCCCS(=O)c1ccc(-c2ccc(Cl)nn2)cc1. The van der Waals surface area contributed by atoms with E-state index in [1.807, 2.05) is 30.3 Å². The Morgan fingerprint density at radius 2 is 1.84 bits per heavy atom. The quantitative estimate of drug-likeness (QED) is 0.844. The van der Waals surface area contributed by atoms with Gasteiger partial charge in [0.15, 0.2) is 5.15 Å². The van der Waals surface area contributed by atoms with Crippen LogP contribution in [0, 0.1) is 0 Å². The Labute approximate surface area is 120 Å². The van der Waals surface area contributed by atoms with Crippen LogP contribution in [0.5, 0.6) is 0 Å². The zero-order valence-corrected chi connectivity index (χ0v) is 12.2. The molecule has 0 aliphatic rings. The summed E-state index contributed by atoms with van der Waals surface area (Å²) < 4.78 is 12.0. The minimum absolute atomic E-state index is 0.376. The summed E-state index contributed by atoms with van der Waals surface area (Å²) in [5.41, 5.74) is 1.70. The fourth-order valence-corrected chi connectivity index (χ4v) is 2.97. The van der Waals surface area contributed by atoms with Crippen LogP contribution in [-0.2, 0) is 10.8 Å². The van der Waals surface area contributed by atoms with Gasteiger partial charge in [0.2, 0.25) is 0 Å². The first-order chi connectivity index (χ1) is 9.20. The van der Waals surface area contributed by atoms with Crippen LogP contribution in [0.15, 0.2) is 41.3 Å². The Kier molecular flexibility index (Phi) is 5.05. The number of unbranched alkanes of at least 4 members (excludes halogenated alkanes) is 1. The summed E-state index contributed by atoms with van der Waals surface area (Å²) in [7, 11) is -0.909. The van der Waals surface area contributed by atoms with Gasteiger partial charge in [-0.1, -0.05) is 37.1 Å². The van der Waals surface area contributed by atoms with Crippen molar-refractivity contribution in [3.8, 4) is 11.3 Å². The molecule has 2 rings (SSSR count). The topological polar surface area (TPSA) is 42.9 Å². The van der Waals surface area contributed by atoms with Crippen LogP contribution in [0.3, 0.4) is 0 Å². The van der Waals surface area contributed by atoms with E-state index >= 15 is 0 Å². The Morgan fingerprint density at radius 3 is 2.42 bits per heavy atom. The number of hydrogen-bond acceptors (Lipinski definition) is 3. The van der Waals surface area contributed by atoms with E-state index in [0.29, 0.717) is 5.15 Å². The van der Waals surface area contributed by atoms with Crippen LogP contribution in [0.1, 0.15) is 19.8 Å². The summed E-state index contributed by atoms with van der Waals surface area (Å²) >= 11 is 5.70. The number of rotatable bonds is 5. The van der Waals surface area contributed by atoms with Crippen LogP contribution in [0.2, 0.25) is 5.15 Å². The van der Waals surface area contributed by atoms with Gasteiger partial charge in [0.25, 0.3) is 0 Å². The summed E-state index contributed by atoms with van der Waals surface area (Å²) in [6.45, 7) is 2.10. The molecule has 0 radical (unpaired) electrons. The number of halogens is 1. The number of nitrogens with zero attached hydrogens (tertiary/aromatic N) is 2. The van der Waals surface area contributed by atoms with Crippen molar-refractivity contribution >= 4 is 22.4 Å². The molecule has 0 aliphatic carbocycles. The van der Waals surface area contributed by atoms with E-state index in [-0.39, 0.29) is 0 Å². The zero-order valence-electron chi connectivity index (χ0n) is 10.7. The molecule has 0 amide bonds. The highest BCUT2D eigenvalue weighted by Gasteiger charge is 2.05. The van der Waals surface area contributed by atoms with Crippen LogP contribution in [-0.4, -0.2) is 20.2 Å². The first-order valence-corrected chi connectivity index (χ1v) is 7.88. The molecule has 0 fully saturated rings. The van der Waals surface area contributed by atoms with E-state index in [0.717, 1.165) is 34.7 Å². The predicted octanol–water partition coefficient (Wildman–Crippen LogP) is 3.70. The Bertz CT molecular complexity index is 555. The van der Waals surface area contributed by atoms with Crippen LogP contribution in [0.4, 0.5) is 0 Å². The van der Waals surface area contributed by atoms with Crippen molar-refractivity contribution in [2.45, 2.75) is 24.7 Å². The molecule has 0 N–H and O–H groups in total. The predicted molar refractivity (Wildman–Crippen MR) is 78.7 cm³/mol. The van der Waals surface area contributed by atoms with Gasteiger partial charge in [-0.15, -0.1) is 10.2 Å². The molecule has 19 heavy (non-hydrogen) atoms. The minimum Gasteiger partial charge on any atom is -0.254 e. The molecule has 1 aromatic carbocycles. The molecule has 5 heteroatoms. The van der Waals surface area contributed by atoms with Gasteiger partial charge >= 0.3 is 0 Å². The smallest absolute Gasteiger partial charge is 0.151 e. The number of hydrogen-bond donors (Lipinski definition) is 0. The molecule has 0 saturated carbocycles. The molecule has 3 nitrogen and oxygen atoms in total. The molecule has 0 spiro atoms. The first-order valence-electron chi connectivity index (χ1n) is 6.18. The lowest BCUT2D eigenvalue weighted by molar-refractivity contribution is 0.679. The van der Waals surface area contributed by atoms with Gasteiger partial charge in [-0.05, 0) is 30.7 Å². The molecule has 0 saturated heterocycles. The average molecular weight is 295 g/mol. The number of benzene rings is 1. The van der Waals surface area contributed by atoms with E-state index in [4.69, 9.17) is 11.6 Å². The van der Waals surface area contributed by atoms with Gasteiger partial charge < -0.3 is 0 Å². The van der Waals surface area contributed by atoms with Crippen molar-refractivity contribution in [1.29, 1.82) is 0 Å². The Balaban J connectivity index is 2.14. The zero-order chi connectivity index (χ0) is 13.7. The normalized spacial score (nSPS) is 12.3. The van der Waals surface area contributed by atoms with Gasteiger partial charge in [0.1, 0.15) is 0 Å². The average Bonchev–Trinajstić information content (AvgIpc) is 2.46.